The first-order valence-electron chi connectivity index (χ1n) is 8.52. The fourth-order valence-corrected chi connectivity index (χ4v) is 3.37. The molecule has 1 aromatic heterocycles. The van der Waals surface area contributed by atoms with E-state index in [0.29, 0.717) is 19.4 Å². The number of halogens is 5. The highest BCUT2D eigenvalue weighted by atomic mass is 35.5. The number of nitrogens with one attached hydrogen (secondary N) is 1. The molecule has 0 saturated heterocycles. The van der Waals surface area contributed by atoms with Gasteiger partial charge in [-0.25, -0.2) is 5.48 Å². The van der Waals surface area contributed by atoms with Crippen LogP contribution in [0.1, 0.15) is 28.8 Å². The van der Waals surface area contributed by atoms with Gasteiger partial charge in [-0.05, 0) is 37.2 Å². The first-order chi connectivity index (χ1) is 14.3. The van der Waals surface area contributed by atoms with Gasteiger partial charge in [0.1, 0.15) is 27.5 Å². The molecular formula is C18H21Cl2F3N2O4S. The molecule has 1 atom stereocenters. The van der Waals surface area contributed by atoms with E-state index in [1.165, 1.54) is 29.4 Å². The second kappa shape index (κ2) is 12.9. The standard InChI is InChI=1S/C17H18ClF3N2O4S.CH3Cl/c18-15-14(16(24)23-25)13(9-28-15)26-8-6-12(5-7-22)27-11-3-1-10(2-4-11)17(19,20)21;1-2/h1-4,9,12,25H,5-8,22H2,(H,23,24);1H3. The summed E-state index contributed by atoms with van der Waals surface area (Å²) in [5.41, 5.74) is 6.32. The summed E-state index contributed by atoms with van der Waals surface area (Å²) in [6, 6.07) is 4.38. The Morgan fingerprint density at radius 2 is 1.90 bits per heavy atom. The van der Waals surface area contributed by atoms with Gasteiger partial charge in [0.05, 0.1) is 12.2 Å². The molecule has 1 unspecified atom stereocenters. The number of nitrogens with two attached hydrogens (primary N) is 1. The molecule has 0 fully saturated rings. The normalized spacial score (nSPS) is 11.9. The molecule has 12 heteroatoms. The van der Waals surface area contributed by atoms with Crippen LogP contribution >= 0.6 is 34.5 Å². The second-order valence-corrected chi connectivity index (χ2v) is 7.15. The summed E-state index contributed by atoms with van der Waals surface area (Å²) in [6.45, 7) is 0.456. The second-order valence-electron chi connectivity index (χ2n) is 5.67. The quantitative estimate of drug-likeness (QED) is 0.263. The molecule has 2 rings (SSSR count). The first-order valence-corrected chi connectivity index (χ1v) is 10.5. The van der Waals surface area contributed by atoms with Gasteiger partial charge in [-0.1, -0.05) is 11.6 Å². The van der Waals surface area contributed by atoms with Gasteiger partial charge in [-0.2, -0.15) is 13.2 Å². The molecule has 1 amide bonds. The van der Waals surface area contributed by atoms with E-state index in [1.54, 1.807) is 0 Å². The number of ether oxygens (including phenoxy) is 2. The molecule has 0 aliphatic heterocycles. The number of hydrogen-bond donors (Lipinski definition) is 3. The third-order valence-corrected chi connectivity index (χ3v) is 4.91. The first kappa shape index (κ1) is 26.3. The van der Waals surface area contributed by atoms with Crippen LogP contribution in [0.4, 0.5) is 13.2 Å². The van der Waals surface area contributed by atoms with E-state index in [4.69, 9.17) is 32.0 Å². The number of benzene rings is 1. The van der Waals surface area contributed by atoms with Gasteiger partial charge in [-0.3, -0.25) is 10.0 Å². The smallest absolute Gasteiger partial charge is 0.416 e. The maximum absolute atomic E-state index is 12.6. The average molecular weight is 489 g/mol. The van der Waals surface area contributed by atoms with Crippen molar-refractivity contribution >= 4 is 40.4 Å². The van der Waals surface area contributed by atoms with Crippen molar-refractivity contribution in [2.75, 3.05) is 19.5 Å². The molecule has 1 aromatic carbocycles. The van der Waals surface area contributed by atoms with Crippen molar-refractivity contribution in [2.45, 2.75) is 25.1 Å². The average Bonchev–Trinajstić information content (AvgIpc) is 3.09. The Morgan fingerprint density at radius 1 is 1.27 bits per heavy atom. The van der Waals surface area contributed by atoms with Crippen LogP contribution in [-0.4, -0.2) is 36.8 Å². The van der Waals surface area contributed by atoms with Gasteiger partial charge in [0, 0.05) is 18.2 Å². The lowest BCUT2D eigenvalue weighted by atomic mass is 10.1. The van der Waals surface area contributed by atoms with E-state index >= 15 is 0 Å². The number of hydrogen-bond acceptors (Lipinski definition) is 6. The van der Waals surface area contributed by atoms with Crippen LogP contribution in [-0.2, 0) is 6.18 Å². The zero-order chi connectivity index (χ0) is 22.7. The lowest BCUT2D eigenvalue weighted by Crippen LogP contribution is -2.24. The highest BCUT2D eigenvalue weighted by Crippen LogP contribution is 2.34. The van der Waals surface area contributed by atoms with Crippen LogP contribution in [0, 0.1) is 0 Å². The third-order valence-electron chi connectivity index (χ3n) is 3.71. The molecule has 0 radical (unpaired) electrons. The molecule has 0 saturated carbocycles. The summed E-state index contributed by atoms with van der Waals surface area (Å²) in [4.78, 5) is 11.6. The van der Waals surface area contributed by atoms with Gasteiger partial charge in [0.2, 0.25) is 0 Å². The number of alkyl halides is 4. The van der Waals surface area contributed by atoms with Crippen molar-refractivity contribution in [3.05, 3.63) is 45.1 Å². The van der Waals surface area contributed by atoms with Crippen LogP contribution in [0.25, 0.3) is 0 Å². The highest BCUT2D eigenvalue weighted by Gasteiger charge is 2.30. The van der Waals surface area contributed by atoms with Crippen molar-refractivity contribution in [1.29, 1.82) is 0 Å². The minimum absolute atomic E-state index is 0.0215. The van der Waals surface area contributed by atoms with Crippen molar-refractivity contribution < 1.29 is 32.6 Å². The van der Waals surface area contributed by atoms with Crippen LogP contribution in [0.15, 0.2) is 29.6 Å². The highest BCUT2D eigenvalue weighted by molar-refractivity contribution is 7.15. The summed E-state index contributed by atoms with van der Waals surface area (Å²) in [6.07, 6.45) is -2.51. The molecule has 0 aliphatic carbocycles. The van der Waals surface area contributed by atoms with E-state index in [1.807, 2.05) is 0 Å². The van der Waals surface area contributed by atoms with Crippen LogP contribution in [0.2, 0.25) is 4.34 Å². The largest absolute Gasteiger partial charge is 0.492 e. The third kappa shape index (κ3) is 7.84. The van der Waals surface area contributed by atoms with Crippen LogP contribution < -0.4 is 20.7 Å². The molecule has 30 heavy (non-hydrogen) atoms. The molecule has 4 N–H and O–H groups in total. The Labute approximate surface area is 185 Å². The van der Waals surface area contributed by atoms with Crippen molar-refractivity contribution in [2.24, 2.45) is 5.73 Å². The Morgan fingerprint density at radius 3 is 2.43 bits per heavy atom. The van der Waals surface area contributed by atoms with Gasteiger partial charge in [0.15, 0.2) is 0 Å². The topological polar surface area (TPSA) is 93.8 Å². The lowest BCUT2D eigenvalue weighted by molar-refractivity contribution is -0.137. The van der Waals surface area contributed by atoms with Crippen LogP contribution in [0.3, 0.4) is 0 Å². The van der Waals surface area contributed by atoms with Gasteiger partial charge >= 0.3 is 6.18 Å². The molecule has 0 spiro atoms. The number of carbonyl (C=O) groups excluding carboxylic acids is 1. The van der Waals surface area contributed by atoms with E-state index in [2.05, 4.69) is 11.6 Å². The SMILES string of the molecule is CCl.NCCC(CCOc1csc(Cl)c1C(=O)NO)Oc1ccc(C(F)(F)F)cc1. The Balaban J connectivity index is 0.00000218. The summed E-state index contributed by atoms with van der Waals surface area (Å²) in [7, 11) is 0. The van der Waals surface area contributed by atoms with Gasteiger partial charge in [0.25, 0.3) is 5.91 Å². The zero-order valence-corrected chi connectivity index (χ0v) is 18.2. The van der Waals surface area contributed by atoms with Gasteiger partial charge < -0.3 is 15.2 Å². The number of amides is 1. The number of thiophene rings is 1. The Kier molecular flexibility index (Phi) is 11.3. The minimum atomic E-state index is -4.41. The fourth-order valence-electron chi connectivity index (χ4n) is 2.35. The van der Waals surface area contributed by atoms with Crippen LogP contribution in [0.5, 0.6) is 11.5 Å². The Bertz CT molecular complexity index is 789. The van der Waals surface area contributed by atoms with Crippen molar-refractivity contribution in [3.8, 4) is 11.5 Å². The van der Waals surface area contributed by atoms with Crippen molar-refractivity contribution in [1.82, 2.24) is 5.48 Å². The van der Waals surface area contributed by atoms with E-state index in [0.717, 1.165) is 23.5 Å². The van der Waals surface area contributed by atoms with E-state index in [9.17, 15) is 18.0 Å². The van der Waals surface area contributed by atoms with E-state index < -0.39 is 23.8 Å². The fraction of sp³-hybridized carbons (Fsp3) is 0.389. The summed E-state index contributed by atoms with van der Waals surface area (Å²) in [5, 5.41) is 10.3. The predicted octanol–water partition coefficient (Wildman–Crippen LogP) is 4.96. The molecule has 168 valence electrons. The molecule has 0 aliphatic rings. The number of rotatable bonds is 9. The summed E-state index contributed by atoms with van der Waals surface area (Å²) < 4.78 is 49.3. The Hall–Kier alpha value is -1.72. The molecular weight excluding hydrogens is 468 g/mol. The maximum atomic E-state index is 12.6. The summed E-state index contributed by atoms with van der Waals surface area (Å²) in [5.74, 6) is -0.297. The predicted molar refractivity (Wildman–Crippen MR) is 110 cm³/mol. The molecule has 0 bridgehead atoms. The molecule has 6 nitrogen and oxygen atoms in total. The molecule has 1 heterocycles. The van der Waals surface area contributed by atoms with Crippen molar-refractivity contribution in [3.63, 3.8) is 0 Å². The summed E-state index contributed by atoms with van der Waals surface area (Å²) >= 11 is 11.6. The van der Waals surface area contributed by atoms with Gasteiger partial charge in [-0.15, -0.1) is 22.9 Å². The lowest BCUT2D eigenvalue weighted by Gasteiger charge is -2.19. The number of hydroxylamine groups is 1. The number of carbonyl (C=O) groups is 1. The molecule has 2 aromatic rings. The minimum Gasteiger partial charge on any atom is -0.492 e. The van der Waals surface area contributed by atoms with E-state index in [-0.39, 0.29) is 28.0 Å². The monoisotopic (exact) mass is 488 g/mol. The zero-order valence-electron chi connectivity index (χ0n) is 15.8. The maximum Gasteiger partial charge on any atom is 0.416 e.